The molecule has 3 nitrogen and oxygen atoms in total. The zero-order valence-corrected chi connectivity index (χ0v) is 10.6. The van der Waals surface area contributed by atoms with Crippen LogP contribution in [0.1, 0.15) is 18.9 Å². The van der Waals surface area contributed by atoms with Crippen LogP contribution in [0, 0.1) is 0 Å². The summed E-state index contributed by atoms with van der Waals surface area (Å²) in [6.45, 7) is 1.54. The zero-order chi connectivity index (χ0) is 13.3. The van der Waals surface area contributed by atoms with Crippen molar-refractivity contribution in [3.63, 3.8) is 0 Å². The van der Waals surface area contributed by atoms with Gasteiger partial charge >= 0.3 is 0 Å². The first-order valence-electron chi connectivity index (χ1n) is 6.22. The van der Waals surface area contributed by atoms with E-state index in [1.54, 1.807) is 6.92 Å². The van der Waals surface area contributed by atoms with Crippen molar-refractivity contribution in [3.8, 4) is 11.5 Å². The molecular weight excluding hydrogens is 240 g/mol. The molecule has 0 saturated carbocycles. The standard InChI is InChI=1S/C16H14O3/c1-12(17)11-16(13-7-3-2-4-8-13)18-14-9-5-6-10-15(14)19-16/h2-10H,11H2,1H3. The van der Waals surface area contributed by atoms with E-state index >= 15 is 0 Å². The Kier molecular flexibility index (Phi) is 2.75. The minimum absolute atomic E-state index is 0.0247. The van der Waals surface area contributed by atoms with E-state index in [0.717, 1.165) is 5.56 Å². The van der Waals surface area contributed by atoms with Crippen LogP contribution in [-0.2, 0) is 10.6 Å². The van der Waals surface area contributed by atoms with Gasteiger partial charge in [-0.05, 0) is 19.1 Å². The van der Waals surface area contributed by atoms with E-state index < -0.39 is 5.79 Å². The first kappa shape index (κ1) is 11.8. The first-order chi connectivity index (χ1) is 9.20. The van der Waals surface area contributed by atoms with Crippen LogP contribution in [0.5, 0.6) is 11.5 Å². The summed E-state index contributed by atoms with van der Waals surface area (Å²) in [4.78, 5) is 11.6. The van der Waals surface area contributed by atoms with Crippen molar-refractivity contribution in [2.24, 2.45) is 0 Å². The Morgan fingerprint density at radius 1 is 0.947 bits per heavy atom. The van der Waals surface area contributed by atoms with Gasteiger partial charge in [-0.1, -0.05) is 42.5 Å². The molecule has 1 aliphatic rings. The number of fused-ring (bicyclic) bond motifs is 1. The number of Topliss-reactive ketones (excluding diaryl/α,β-unsaturated/α-hetero) is 1. The smallest absolute Gasteiger partial charge is 0.285 e. The van der Waals surface area contributed by atoms with Crippen LogP contribution in [-0.4, -0.2) is 5.78 Å². The van der Waals surface area contributed by atoms with Gasteiger partial charge in [0.1, 0.15) is 5.78 Å². The van der Waals surface area contributed by atoms with Crippen molar-refractivity contribution >= 4 is 5.78 Å². The predicted octanol–water partition coefficient (Wildman–Crippen LogP) is 3.29. The maximum atomic E-state index is 11.6. The number of ether oxygens (including phenoxy) is 2. The molecule has 2 aromatic carbocycles. The fourth-order valence-corrected chi connectivity index (χ4v) is 2.31. The van der Waals surface area contributed by atoms with Crippen LogP contribution in [0.25, 0.3) is 0 Å². The Morgan fingerprint density at radius 3 is 2.00 bits per heavy atom. The number of hydrogen-bond donors (Lipinski definition) is 0. The fourth-order valence-electron chi connectivity index (χ4n) is 2.31. The average Bonchev–Trinajstić information content (AvgIpc) is 2.78. The molecule has 0 spiro atoms. The molecule has 0 fully saturated rings. The summed E-state index contributed by atoms with van der Waals surface area (Å²) in [5.74, 6) is 0.341. The van der Waals surface area contributed by atoms with E-state index in [2.05, 4.69) is 0 Å². The van der Waals surface area contributed by atoms with Gasteiger partial charge in [-0.15, -0.1) is 0 Å². The molecule has 0 saturated heterocycles. The van der Waals surface area contributed by atoms with E-state index in [-0.39, 0.29) is 12.2 Å². The fraction of sp³-hybridized carbons (Fsp3) is 0.188. The average molecular weight is 254 g/mol. The number of para-hydroxylation sites is 2. The SMILES string of the molecule is CC(=O)CC1(c2ccccc2)Oc2ccccc2O1. The Labute approximate surface area is 111 Å². The molecule has 96 valence electrons. The van der Waals surface area contributed by atoms with Crippen LogP contribution < -0.4 is 9.47 Å². The van der Waals surface area contributed by atoms with Crippen LogP contribution >= 0.6 is 0 Å². The van der Waals surface area contributed by atoms with E-state index in [1.807, 2.05) is 54.6 Å². The van der Waals surface area contributed by atoms with Gasteiger partial charge in [0.05, 0.1) is 6.42 Å². The molecular formula is C16H14O3. The molecule has 0 aromatic heterocycles. The molecule has 3 heteroatoms. The van der Waals surface area contributed by atoms with Crippen LogP contribution in [0.4, 0.5) is 0 Å². The molecule has 0 unspecified atom stereocenters. The minimum atomic E-state index is -1.03. The Bertz CT molecular complexity index is 579. The summed E-state index contributed by atoms with van der Waals surface area (Å²) >= 11 is 0. The van der Waals surface area contributed by atoms with E-state index in [1.165, 1.54) is 0 Å². The molecule has 0 atom stereocenters. The number of hydrogen-bond acceptors (Lipinski definition) is 3. The second-order valence-electron chi connectivity index (χ2n) is 4.65. The van der Waals surface area contributed by atoms with Crippen molar-refractivity contribution in [1.82, 2.24) is 0 Å². The highest BCUT2D eigenvalue weighted by Gasteiger charge is 2.44. The summed E-state index contributed by atoms with van der Waals surface area (Å²) < 4.78 is 11.9. The lowest BCUT2D eigenvalue weighted by Gasteiger charge is -2.27. The largest absolute Gasteiger partial charge is 0.444 e. The third-order valence-electron chi connectivity index (χ3n) is 3.09. The van der Waals surface area contributed by atoms with Gasteiger partial charge in [0, 0.05) is 5.56 Å². The van der Waals surface area contributed by atoms with E-state index in [4.69, 9.17) is 9.47 Å². The number of rotatable bonds is 3. The van der Waals surface area contributed by atoms with Gasteiger partial charge in [-0.3, -0.25) is 4.79 Å². The highest BCUT2D eigenvalue weighted by Crippen LogP contribution is 2.45. The maximum Gasteiger partial charge on any atom is 0.285 e. The summed E-state index contributed by atoms with van der Waals surface area (Å²) in [6, 6.07) is 17.0. The zero-order valence-electron chi connectivity index (χ0n) is 10.6. The normalized spacial score (nSPS) is 15.2. The molecule has 19 heavy (non-hydrogen) atoms. The third-order valence-corrected chi connectivity index (χ3v) is 3.09. The number of carbonyl (C=O) groups excluding carboxylic acids is 1. The van der Waals surface area contributed by atoms with Crippen molar-refractivity contribution in [1.29, 1.82) is 0 Å². The van der Waals surface area contributed by atoms with Gasteiger partial charge < -0.3 is 9.47 Å². The third kappa shape index (κ3) is 2.08. The summed E-state index contributed by atoms with van der Waals surface area (Å²) in [7, 11) is 0. The van der Waals surface area contributed by atoms with Crippen molar-refractivity contribution < 1.29 is 14.3 Å². The Morgan fingerprint density at radius 2 is 1.47 bits per heavy atom. The van der Waals surface area contributed by atoms with Crippen molar-refractivity contribution in [2.75, 3.05) is 0 Å². The molecule has 2 aromatic rings. The van der Waals surface area contributed by atoms with Gasteiger partial charge in [0.25, 0.3) is 5.79 Å². The van der Waals surface area contributed by atoms with Crippen LogP contribution in [0.2, 0.25) is 0 Å². The quantitative estimate of drug-likeness (QED) is 0.843. The first-order valence-corrected chi connectivity index (χ1v) is 6.22. The summed E-state index contributed by atoms with van der Waals surface area (Å²) in [5.41, 5.74) is 0.849. The molecule has 0 radical (unpaired) electrons. The molecule has 0 aliphatic carbocycles. The minimum Gasteiger partial charge on any atom is -0.444 e. The van der Waals surface area contributed by atoms with Crippen molar-refractivity contribution in [2.45, 2.75) is 19.1 Å². The van der Waals surface area contributed by atoms with E-state index in [9.17, 15) is 4.79 Å². The molecule has 1 aliphatic heterocycles. The van der Waals surface area contributed by atoms with Gasteiger partial charge in [0.2, 0.25) is 0 Å². The molecule has 0 amide bonds. The van der Waals surface area contributed by atoms with Gasteiger partial charge in [-0.2, -0.15) is 0 Å². The highest BCUT2D eigenvalue weighted by molar-refractivity contribution is 5.77. The molecule has 1 heterocycles. The molecule has 0 N–H and O–H groups in total. The van der Waals surface area contributed by atoms with Gasteiger partial charge in [0.15, 0.2) is 11.5 Å². The lowest BCUT2D eigenvalue weighted by atomic mass is 10.0. The number of ketones is 1. The van der Waals surface area contributed by atoms with Crippen LogP contribution in [0.3, 0.4) is 0 Å². The van der Waals surface area contributed by atoms with Crippen molar-refractivity contribution in [3.05, 3.63) is 60.2 Å². The Hall–Kier alpha value is -2.29. The van der Waals surface area contributed by atoms with E-state index in [0.29, 0.717) is 11.5 Å². The summed E-state index contributed by atoms with van der Waals surface area (Å²) in [5, 5.41) is 0. The Balaban J connectivity index is 2.04. The van der Waals surface area contributed by atoms with Crippen LogP contribution in [0.15, 0.2) is 54.6 Å². The topological polar surface area (TPSA) is 35.5 Å². The monoisotopic (exact) mass is 254 g/mol. The molecule has 0 bridgehead atoms. The molecule has 3 rings (SSSR count). The maximum absolute atomic E-state index is 11.6. The summed E-state index contributed by atoms with van der Waals surface area (Å²) in [6.07, 6.45) is 0.186. The highest BCUT2D eigenvalue weighted by atomic mass is 16.7. The number of carbonyl (C=O) groups is 1. The number of benzene rings is 2. The second kappa shape index (κ2) is 4.43. The van der Waals surface area contributed by atoms with Gasteiger partial charge in [-0.25, -0.2) is 0 Å². The lowest BCUT2D eigenvalue weighted by Crippen LogP contribution is -2.37. The lowest BCUT2D eigenvalue weighted by molar-refractivity contribution is -0.134. The predicted molar refractivity (Wildman–Crippen MR) is 71.1 cm³/mol. The second-order valence-corrected chi connectivity index (χ2v) is 4.65.